The monoisotopic (exact) mass is 358 g/mol. The summed E-state index contributed by atoms with van der Waals surface area (Å²) in [5.41, 5.74) is 0. The van der Waals surface area contributed by atoms with Crippen LogP contribution >= 0.6 is 0 Å². The zero-order valence-corrected chi connectivity index (χ0v) is 17.5. The van der Waals surface area contributed by atoms with E-state index in [1.165, 1.54) is 13.8 Å². The number of likely N-dealkylation sites (N-methyl/N-ethyl adjacent to an activating group) is 1. The predicted molar refractivity (Wildman–Crippen MR) is 105 cm³/mol. The summed E-state index contributed by atoms with van der Waals surface area (Å²) in [5, 5.41) is 3.78. The fourth-order valence-electron chi connectivity index (χ4n) is 2.06. The molecule has 0 aromatic carbocycles. The maximum atomic E-state index is 11.8. The zero-order chi connectivity index (χ0) is 20.4. The molecule has 0 fully saturated rings. The van der Waals surface area contributed by atoms with E-state index in [0.717, 1.165) is 0 Å². The lowest BCUT2D eigenvalue weighted by molar-refractivity contribution is -0.154. The summed E-state index contributed by atoms with van der Waals surface area (Å²) in [6, 6.07) is -0.480. The van der Waals surface area contributed by atoms with E-state index in [1.54, 1.807) is 31.3 Å². The number of rotatable bonds is 10. The summed E-state index contributed by atoms with van der Waals surface area (Å²) in [4.78, 5) is 29.8. The molecule has 0 rings (SSSR count). The molecule has 0 aliphatic carbocycles. The highest BCUT2D eigenvalue weighted by Gasteiger charge is 2.34. The Morgan fingerprint density at radius 1 is 1.16 bits per heavy atom. The molecule has 0 aromatic rings. The smallest absolute Gasteiger partial charge is 0.302 e. The SMILES string of the molecule is C=CCO/N=C/C[C@@H](C)C(OC(C)=O)[C@@H](C(C)=O)N(C)C.CC.CC. The van der Waals surface area contributed by atoms with Crippen molar-refractivity contribution in [3.8, 4) is 0 Å². The van der Waals surface area contributed by atoms with Crippen molar-refractivity contribution in [1.82, 2.24) is 4.90 Å². The van der Waals surface area contributed by atoms with Crippen LogP contribution in [-0.4, -0.2) is 55.7 Å². The van der Waals surface area contributed by atoms with Gasteiger partial charge < -0.3 is 9.57 Å². The zero-order valence-electron chi connectivity index (χ0n) is 17.5. The van der Waals surface area contributed by atoms with Gasteiger partial charge in [0.2, 0.25) is 0 Å². The van der Waals surface area contributed by atoms with Crippen LogP contribution in [0.3, 0.4) is 0 Å². The Bertz CT molecular complexity index is 382. The first-order valence-electron chi connectivity index (χ1n) is 8.90. The largest absolute Gasteiger partial charge is 0.460 e. The van der Waals surface area contributed by atoms with Gasteiger partial charge in [0.1, 0.15) is 18.8 Å². The van der Waals surface area contributed by atoms with Crippen molar-refractivity contribution in [3.63, 3.8) is 0 Å². The number of hydrogen-bond donors (Lipinski definition) is 0. The van der Waals surface area contributed by atoms with Crippen LogP contribution in [0.2, 0.25) is 0 Å². The summed E-state index contributed by atoms with van der Waals surface area (Å²) in [5.74, 6) is -0.515. The third-order valence-corrected chi connectivity index (χ3v) is 2.97. The second kappa shape index (κ2) is 18.6. The molecule has 0 amide bonds. The molecule has 0 N–H and O–H groups in total. The molecule has 0 aliphatic heterocycles. The minimum atomic E-state index is -0.527. The Kier molecular flexibility index (Phi) is 21.0. The average molecular weight is 359 g/mol. The third-order valence-electron chi connectivity index (χ3n) is 2.97. The van der Waals surface area contributed by atoms with E-state index in [0.29, 0.717) is 13.0 Å². The Morgan fingerprint density at radius 2 is 1.68 bits per heavy atom. The van der Waals surface area contributed by atoms with Gasteiger partial charge in [0.05, 0.1) is 0 Å². The molecule has 0 radical (unpaired) electrons. The van der Waals surface area contributed by atoms with E-state index in [1.807, 2.05) is 34.6 Å². The van der Waals surface area contributed by atoms with Gasteiger partial charge in [-0.3, -0.25) is 14.5 Å². The molecule has 0 aromatic heterocycles. The molecule has 1 unspecified atom stereocenters. The highest BCUT2D eigenvalue weighted by Crippen LogP contribution is 2.19. The van der Waals surface area contributed by atoms with Crippen LogP contribution in [0.5, 0.6) is 0 Å². The minimum absolute atomic E-state index is 0.0436. The molecule has 0 spiro atoms. The molecule has 0 heterocycles. The van der Waals surface area contributed by atoms with Gasteiger partial charge in [-0.25, -0.2) is 0 Å². The van der Waals surface area contributed by atoms with Crippen molar-refractivity contribution >= 4 is 18.0 Å². The Labute approximate surface area is 154 Å². The van der Waals surface area contributed by atoms with Crippen LogP contribution in [-0.2, 0) is 19.2 Å². The van der Waals surface area contributed by atoms with Crippen LogP contribution < -0.4 is 0 Å². The van der Waals surface area contributed by atoms with Crippen molar-refractivity contribution in [2.45, 2.75) is 67.0 Å². The topological polar surface area (TPSA) is 68.2 Å². The predicted octanol–water partition coefficient (Wildman–Crippen LogP) is 3.70. The standard InChI is InChI=1S/C15H26N2O4.2C2H6/c1-7-10-20-16-9-8-11(2)15(21-13(4)19)14(12(3)18)17(5)6;2*1-2/h7,9,11,14-15H,1,8,10H2,2-6H3;2*1-2H3/b16-9+;;/t11-,14-,15?;;/m1../s1. The van der Waals surface area contributed by atoms with Crippen LogP contribution in [0.15, 0.2) is 17.8 Å². The molecule has 6 nitrogen and oxygen atoms in total. The van der Waals surface area contributed by atoms with E-state index in [-0.39, 0.29) is 11.7 Å². The molecule has 148 valence electrons. The number of ketones is 1. The van der Waals surface area contributed by atoms with Gasteiger partial charge in [0, 0.05) is 19.1 Å². The van der Waals surface area contributed by atoms with Crippen molar-refractivity contribution in [2.24, 2.45) is 11.1 Å². The lowest BCUT2D eigenvalue weighted by Gasteiger charge is -2.33. The summed E-state index contributed by atoms with van der Waals surface area (Å²) in [6.45, 7) is 16.6. The van der Waals surface area contributed by atoms with Crippen LogP contribution in [0, 0.1) is 5.92 Å². The Morgan fingerprint density at radius 3 is 2.04 bits per heavy atom. The minimum Gasteiger partial charge on any atom is -0.460 e. The number of ether oxygens (including phenoxy) is 1. The molecule has 0 saturated heterocycles. The first-order chi connectivity index (χ1) is 11.8. The average Bonchev–Trinajstić information content (AvgIpc) is 2.56. The number of carbonyl (C=O) groups is 2. The fourth-order valence-corrected chi connectivity index (χ4v) is 2.06. The quantitative estimate of drug-likeness (QED) is 0.196. The van der Waals surface area contributed by atoms with Crippen LogP contribution in [0.4, 0.5) is 0 Å². The lowest BCUT2D eigenvalue weighted by Crippen LogP contribution is -2.49. The summed E-state index contributed by atoms with van der Waals surface area (Å²) in [6.07, 6.45) is 3.21. The third kappa shape index (κ3) is 14.4. The number of nitrogens with zero attached hydrogens (tertiary/aromatic N) is 2. The number of esters is 1. The van der Waals surface area contributed by atoms with Crippen LogP contribution in [0.1, 0.15) is 54.9 Å². The highest BCUT2D eigenvalue weighted by molar-refractivity contribution is 5.82. The van der Waals surface area contributed by atoms with Crippen LogP contribution in [0.25, 0.3) is 0 Å². The van der Waals surface area contributed by atoms with Gasteiger partial charge >= 0.3 is 5.97 Å². The second-order valence-corrected chi connectivity index (χ2v) is 5.18. The molecule has 0 saturated carbocycles. The van der Waals surface area contributed by atoms with E-state index in [4.69, 9.17) is 9.57 Å². The van der Waals surface area contributed by atoms with Gasteiger partial charge in [0.15, 0.2) is 5.78 Å². The summed E-state index contributed by atoms with van der Waals surface area (Å²) >= 11 is 0. The number of carbonyl (C=O) groups excluding carboxylic acids is 2. The molecule has 0 bridgehead atoms. The molecular weight excluding hydrogens is 320 g/mol. The van der Waals surface area contributed by atoms with Gasteiger partial charge in [-0.15, -0.1) is 0 Å². The van der Waals surface area contributed by atoms with E-state index >= 15 is 0 Å². The first kappa shape index (κ1) is 28.1. The maximum absolute atomic E-state index is 11.8. The van der Waals surface area contributed by atoms with Gasteiger partial charge in [0.25, 0.3) is 0 Å². The normalized spacial score (nSPS) is 13.5. The second-order valence-electron chi connectivity index (χ2n) is 5.18. The maximum Gasteiger partial charge on any atom is 0.302 e. The van der Waals surface area contributed by atoms with Gasteiger partial charge in [-0.05, 0) is 27.4 Å². The van der Waals surface area contributed by atoms with Gasteiger partial charge in [-0.2, -0.15) is 0 Å². The molecular formula is C19H38N2O4. The van der Waals surface area contributed by atoms with Crippen molar-refractivity contribution < 1.29 is 19.2 Å². The van der Waals surface area contributed by atoms with E-state index in [2.05, 4.69) is 11.7 Å². The van der Waals surface area contributed by atoms with E-state index in [9.17, 15) is 9.59 Å². The summed E-state index contributed by atoms with van der Waals surface area (Å²) in [7, 11) is 3.58. The van der Waals surface area contributed by atoms with Crippen molar-refractivity contribution in [3.05, 3.63) is 12.7 Å². The summed E-state index contributed by atoms with van der Waals surface area (Å²) < 4.78 is 5.36. The highest BCUT2D eigenvalue weighted by atomic mass is 16.6. The molecule has 6 heteroatoms. The van der Waals surface area contributed by atoms with E-state index < -0.39 is 18.1 Å². The first-order valence-corrected chi connectivity index (χ1v) is 8.90. The molecule has 3 atom stereocenters. The number of hydrogen-bond acceptors (Lipinski definition) is 6. The van der Waals surface area contributed by atoms with Gasteiger partial charge in [-0.1, -0.05) is 52.4 Å². The molecule has 25 heavy (non-hydrogen) atoms. The Hall–Kier alpha value is -1.69. The van der Waals surface area contributed by atoms with Crippen molar-refractivity contribution in [1.29, 1.82) is 0 Å². The fraction of sp³-hybridized carbons (Fsp3) is 0.737. The number of Topliss-reactive ketones (excluding diaryl/α,β-unsaturated/α-hetero) is 1. The van der Waals surface area contributed by atoms with Crippen molar-refractivity contribution in [2.75, 3.05) is 20.7 Å². The lowest BCUT2D eigenvalue weighted by atomic mass is 9.92. The molecule has 0 aliphatic rings. The Balaban J connectivity index is -0.00000112. The number of oxime groups is 1.